The van der Waals surface area contributed by atoms with Crippen LogP contribution in [0.4, 0.5) is 0 Å². The SMILES string of the molecule is C=C(C)CSc1nnc2n(C)c(=O)c3c4c(sc3n12)CO[C@](C)(CC)C4. The predicted octanol–water partition coefficient (Wildman–Crippen LogP) is 3.55. The largest absolute Gasteiger partial charge is 0.369 e. The average molecular weight is 391 g/mol. The molecule has 1 aliphatic rings. The molecule has 4 rings (SSSR count). The Morgan fingerprint density at radius 3 is 2.92 bits per heavy atom. The van der Waals surface area contributed by atoms with Gasteiger partial charge < -0.3 is 4.74 Å². The Labute approximate surface area is 159 Å². The summed E-state index contributed by atoms with van der Waals surface area (Å²) in [6.07, 6.45) is 1.68. The van der Waals surface area contributed by atoms with Crippen LogP contribution in [-0.2, 0) is 24.8 Å². The van der Waals surface area contributed by atoms with Crippen LogP contribution in [0.5, 0.6) is 0 Å². The lowest BCUT2D eigenvalue weighted by Crippen LogP contribution is -2.34. The van der Waals surface area contributed by atoms with Gasteiger partial charge in [0.2, 0.25) is 5.78 Å². The third kappa shape index (κ3) is 2.62. The van der Waals surface area contributed by atoms with Crippen molar-refractivity contribution in [1.29, 1.82) is 0 Å². The fraction of sp³-hybridized carbons (Fsp3) is 0.500. The van der Waals surface area contributed by atoms with Gasteiger partial charge in [-0.1, -0.05) is 30.8 Å². The number of nitrogens with zero attached hydrogens (tertiary/aromatic N) is 4. The number of hydrogen-bond acceptors (Lipinski definition) is 6. The molecule has 3 aromatic heterocycles. The third-order valence-electron chi connectivity index (χ3n) is 5.01. The van der Waals surface area contributed by atoms with Crippen molar-refractivity contribution in [2.75, 3.05) is 5.75 Å². The Hall–Kier alpha value is -1.64. The van der Waals surface area contributed by atoms with Gasteiger partial charge in [-0.15, -0.1) is 21.5 Å². The van der Waals surface area contributed by atoms with E-state index >= 15 is 0 Å². The van der Waals surface area contributed by atoms with Gasteiger partial charge in [-0.05, 0) is 25.8 Å². The van der Waals surface area contributed by atoms with Gasteiger partial charge in [0.25, 0.3) is 5.56 Å². The zero-order valence-corrected chi connectivity index (χ0v) is 17.1. The van der Waals surface area contributed by atoms with E-state index < -0.39 is 0 Å². The molecular weight excluding hydrogens is 368 g/mol. The second-order valence-corrected chi connectivity index (χ2v) is 9.21. The lowest BCUT2D eigenvalue weighted by Gasteiger charge is -2.32. The van der Waals surface area contributed by atoms with Crippen LogP contribution >= 0.6 is 23.1 Å². The van der Waals surface area contributed by atoms with Gasteiger partial charge in [0.1, 0.15) is 4.83 Å². The van der Waals surface area contributed by atoms with Crippen molar-refractivity contribution in [2.45, 2.75) is 51.0 Å². The Balaban J connectivity index is 2.00. The number of ether oxygens (including phenoxy) is 1. The van der Waals surface area contributed by atoms with E-state index in [1.165, 1.54) is 0 Å². The number of rotatable bonds is 4. The molecule has 1 atom stereocenters. The van der Waals surface area contributed by atoms with Gasteiger partial charge in [0.15, 0.2) is 5.16 Å². The van der Waals surface area contributed by atoms with Crippen molar-refractivity contribution in [3.8, 4) is 0 Å². The zero-order chi connectivity index (χ0) is 18.6. The quantitative estimate of drug-likeness (QED) is 0.504. The van der Waals surface area contributed by atoms with Crippen molar-refractivity contribution >= 4 is 39.1 Å². The Bertz CT molecular complexity index is 1090. The number of aromatic nitrogens is 4. The molecule has 4 heterocycles. The minimum absolute atomic E-state index is 0.00537. The number of aryl methyl sites for hydroxylation is 1. The van der Waals surface area contributed by atoms with Crippen LogP contribution in [0.25, 0.3) is 16.0 Å². The first-order valence-corrected chi connectivity index (χ1v) is 10.4. The standard InChI is InChI=1S/C18H22N4O2S2/c1-6-18(4)7-11-12(8-24-18)26-15-13(11)14(23)21(5)16-19-20-17(22(15)16)25-9-10(2)3/h2,6-9H2,1,3-5H3/t18-/m1/s1. The average Bonchev–Trinajstić information content (AvgIpc) is 3.18. The maximum atomic E-state index is 13.1. The van der Waals surface area contributed by atoms with E-state index in [1.807, 2.05) is 11.3 Å². The molecule has 0 radical (unpaired) electrons. The highest BCUT2D eigenvalue weighted by atomic mass is 32.2. The highest BCUT2D eigenvalue weighted by Crippen LogP contribution is 2.39. The summed E-state index contributed by atoms with van der Waals surface area (Å²) in [6, 6.07) is 0. The predicted molar refractivity (Wildman–Crippen MR) is 106 cm³/mol. The van der Waals surface area contributed by atoms with Crippen LogP contribution in [-0.4, -0.2) is 30.5 Å². The molecule has 0 unspecified atom stereocenters. The van der Waals surface area contributed by atoms with E-state index in [4.69, 9.17) is 4.74 Å². The van der Waals surface area contributed by atoms with E-state index in [2.05, 4.69) is 30.6 Å². The number of thiophene rings is 1. The number of fused-ring (bicyclic) bond motifs is 5. The van der Waals surface area contributed by atoms with Gasteiger partial charge >= 0.3 is 0 Å². The second-order valence-electron chi connectivity index (χ2n) is 7.18. The fourth-order valence-corrected chi connectivity index (χ4v) is 5.32. The van der Waals surface area contributed by atoms with E-state index in [0.717, 1.165) is 50.0 Å². The lowest BCUT2D eigenvalue weighted by molar-refractivity contribution is -0.0543. The van der Waals surface area contributed by atoms with Crippen LogP contribution < -0.4 is 5.56 Å². The first kappa shape index (κ1) is 17.8. The smallest absolute Gasteiger partial charge is 0.263 e. The number of hydrogen-bond donors (Lipinski definition) is 0. The summed E-state index contributed by atoms with van der Waals surface area (Å²) < 4.78 is 9.70. The molecular formula is C18H22N4O2S2. The van der Waals surface area contributed by atoms with Crippen LogP contribution in [0, 0.1) is 0 Å². The molecule has 0 amide bonds. The maximum Gasteiger partial charge on any atom is 0.263 e. The summed E-state index contributed by atoms with van der Waals surface area (Å²) in [7, 11) is 1.77. The fourth-order valence-electron chi connectivity index (χ4n) is 3.27. The normalized spacial score (nSPS) is 20.0. The third-order valence-corrected chi connectivity index (χ3v) is 7.36. The van der Waals surface area contributed by atoms with Gasteiger partial charge in [-0.2, -0.15) is 0 Å². The Morgan fingerprint density at radius 2 is 2.23 bits per heavy atom. The molecule has 0 bridgehead atoms. The Kier molecular flexibility index (Phi) is 4.24. The molecule has 6 nitrogen and oxygen atoms in total. The summed E-state index contributed by atoms with van der Waals surface area (Å²) in [4.78, 5) is 15.1. The highest BCUT2D eigenvalue weighted by Gasteiger charge is 2.33. The lowest BCUT2D eigenvalue weighted by atomic mass is 9.90. The number of thioether (sulfide) groups is 1. The minimum Gasteiger partial charge on any atom is -0.369 e. The van der Waals surface area contributed by atoms with Crippen molar-refractivity contribution in [3.05, 3.63) is 32.9 Å². The van der Waals surface area contributed by atoms with Crippen LogP contribution in [0.3, 0.4) is 0 Å². The molecule has 0 fully saturated rings. The summed E-state index contributed by atoms with van der Waals surface area (Å²) in [5, 5.41) is 10.2. The molecule has 8 heteroatoms. The monoisotopic (exact) mass is 390 g/mol. The van der Waals surface area contributed by atoms with Gasteiger partial charge in [-0.25, -0.2) is 4.40 Å². The molecule has 1 aliphatic heterocycles. The molecule has 26 heavy (non-hydrogen) atoms. The summed E-state index contributed by atoms with van der Waals surface area (Å²) >= 11 is 3.22. The van der Waals surface area contributed by atoms with Crippen LogP contribution in [0.2, 0.25) is 0 Å². The molecule has 3 aromatic rings. The molecule has 0 aromatic carbocycles. The van der Waals surface area contributed by atoms with Gasteiger partial charge in [-0.3, -0.25) is 9.36 Å². The van der Waals surface area contributed by atoms with E-state index in [-0.39, 0.29) is 11.2 Å². The van der Waals surface area contributed by atoms with Crippen LogP contribution in [0.15, 0.2) is 22.1 Å². The Morgan fingerprint density at radius 1 is 1.46 bits per heavy atom. The maximum absolute atomic E-state index is 13.1. The summed E-state index contributed by atoms with van der Waals surface area (Å²) in [6.45, 7) is 10.8. The first-order chi connectivity index (χ1) is 12.3. The summed E-state index contributed by atoms with van der Waals surface area (Å²) in [5.41, 5.74) is 1.98. The first-order valence-electron chi connectivity index (χ1n) is 8.64. The molecule has 0 spiro atoms. The molecule has 0 saturated carbocycles. The van der Waals surface area contributed by atoms with Crippen LogP contribution in [0.1, 0.15) is 37.6 Å². The van der Waals surface area contributed by atoms with E-state index in [1.54, 1.807) is 34.7 Å². The van der Waals surface area contributed by atoms with Crippen molar-refractivity contribution in [3.63, 3.8) is 0 Å². The van der Waals surface area contributed by atoms with Gasteiger partial charge in [0, 0.05) is 24.1 Å². The second kappa shape index (κ2) is 6.21. The molecule has 0 saturated heterocycles. The van der Waals surface area contributed by atoms with Crippen molar-refractivity contribution in [2.24, 2.45) is 7.05 Å². The zero-order valence-electron chi connectivity index (χ0n) is 15.5. The highest BCUT2D eigenvalue weighted by molar-refractivity contribution is 7.99. The molecule has 0 N–H and O–H groups in total. The van der Waals surface area contributed by atoms with Gasteiger partial charge in [0.05, 0.1) is 17.6 Å². The minimum atomic E-state index is -0.217. The van der Waals surface area contributed by atoms with Crippen molar-refractivity contribution < 1.29 is 4.74 Å². The van der Waals surface area contributed by atoms with E-state index in [9.17, 15) is 4.79 Å². The van der Waals surface area contributed by atoms with E-state index in [0.29, 0.717) is 12.4 Å². The topological polar surface area (TPSA) is 61.4 Å². The molecule has 138 valence electrons. The molecule has 0 aliphatic carbocycles. The van der Waals surface area contributed by atoms with Crippen molar-refractivity contribution in [1.82, 2.24) is 19.2 Å². The summed E-state index contributed by atoms with van der Waals surface area (Å²) in [5.74, 6) is 1.34.